The van der Waals surface area contributed by atoms with E-state index in [1.54, 1.807) is 45.9 Å². The quantitative estimate of drug-likeness (QED) is 0.0235. The molecule has 2 aliphatic rings. The van der Waals surface area contributed by atoms with Gasteiger partial charge in [-0.05, 0) is 136 Å². The average molecular weight is 1350 g/mol. The van der Waals surface area contributed by atoms with Gasteiger partial charge in [-0.1, -0.05) is 97.9 Å². The molecule has 0 unspecified atom stereocenters. The number of nitrogens with one attached hydrogen (secondary N) is 7. The first-order chi connectivity index (χ1) is 43.4. The highest BCUT2D eigenvalue weighted by Gasteiger charge is 2.42. The van der Waals surface area contributed by atoms with Gasteiger partial charge in [0.1, 0.15) is 12.2 Å². The van der Waals surface area contributed by atoms with E-state index in [0.29, 0.717) is 56.4 Å². The summed E-state index contributed by atoms with van der Waals surface area (Å²) in [5.74, 6) is -0.301. The Kier molecular flexibility index (Phi) is 27.5. The first kappa shape index (κ1) is 76.2. The number of piperidine rings is 2. The summed E-state index contributed by atoms with van der Waals surface area (Å²) < 4.78 is 183. The van der Waals surface area contributed by atoms with Crippen molar-refractivity contribution in [1.82, 2.24) is 37.4 Å². The fraction of sp³-hybridized carbons (Fsp3) is 0.453. The maximum Gasteiger partial charge on any atom is 0.426 e. The number of carbonyl (C=O) groups is 5. The number of halogens is 13. The van der Waals surface area contributed by atoms with Crippen molar-refractivity contribution < 1.29 is 95.6 Å². The Morgan fingerprint density at radius 3 is 1.29 bits per heavy atom. The number of Topliss-reactive ketones (excluding diaryl/α,β-unsaturated/α-hetero) is 1. The van der Waals surface area contributed by atoms with Crippen LogP contribution in [0.15, 0.2) is 127 Å². The predicted molar refractivity (Wildman–Crippen MR) is 320 cm³/mol. The van der Waals surface area contributed by atoms with Crippen LogP contribution < -0.4 is 37.4 Å². The summed E-state index contributed by atoms with van der Waals surface area (Å²) in [7, 11) is 0. The van der Waals surface area contributed by atoms with E-state index >= 15 is 0 Å². The molecule has 2 fully saturated rings. The lowest BCUT2D eigenvalue weighted by atomic mass is 9.81. The normalized spacial score (nSPS) is 19.2. The van der Waals surface area contributed by atoms with Crippen molar-refractivity contribution in [2.75, 3.05) is 39.5 Å². The summed E-state index contributed by atoms with van der Waals surface area (Å²) in [5.41, 5.74) is -1.70. The van der Waals surface area contributed by atoms with Gasteiger partial charge in [-0.25, -0.2) is 25.2 Å². The van der Waals surface area contributed by atoms with Crippen LogP contribution in [0.25, 0.3) is 0 Å². The number of alkyl halides is 12. The van der Waals surface area contributed by atoms with Crippen molar-refractivity contribution in [2.24, 2.45) is 0 Å². The van der Waals surface area contributed by atoms with Crippen molar-refractivity contribution in [3.05, 3.63) is 177 Å². The second-order valence-corrected chi connectivity index (χ2v) is 23.4. The average Bonchev–Trinajstić information content (AvgIpc) is 0.821. The van der Waals surface area contributed by atoms with Gasteiger partial charge in [0.05, 0.1) is 71.9 Å². The van der Waals surface area contributed by atoms with Gasteiger partial charge in [0, 0.05) is 31.6 Å². The van der Waals surface area contributed by atoms with E-state index in [4.69, 9.17) is 30.5 Å². The van der Waals surface area contributed by atoms with Gasteiger partial charge in [0.25, 0.3) is 0 Å². The molecule has 7 rings (SSSR count). The molecule has 0 aliphatic carbocycles. The van der Waals surface area contributed by atoms with E-state index in [-0.39, 0.29) is 92.4 Å². The largest absolute Gasteiger partial charge is 0.443 e. The monoisotopic (exact) mass is 1350 g/mol. The lowest BCUT2D eigenvalue weighted by Crippen LogP contribution is -2.59. The molecule has 5 aromatic rings. The second kappa shape index (κ2) is 33.6. The first-order valence-electron chi connectivity index (χ1n) is 29.2. The predicted octanol–water partition coefficient (Wildman–Crippen LogP) is 13.9. The van der Waals surface area contributed by atoms with Gasteiger partial charge in [-0.3, -0.25) is 9.59 Å². The molecule has 7 N–H and O–H groups in total. The number of ether oxygens (including phenoxy) is 4. The number of rotatable bonds is 19. The van der Waals surface area contributed by atoms with Crippen molar-refractivity contribution in [3.8, 4) is 0 Å². The molecule has 0 aromatic heterocycles. The number of urea groups is 2. The molecule has 29 heteroatoms. The molecule has 6 atom stereocenters. The Morgan fingerprint density at radius 2 is 0.946 bits per heavy atom. The molecule has 0 spiro atoms. The fourth-order valence-electron chi connectivity index (χ4n) is 9.64. The zero-order chi connectivity index (χ0) is 69.0. The van der Waals surface area contributed by atoms with Crippen molar-refractivity contribution in [2.45, 2.75) is 146 Å². The van der Waals surface area contributed by atoms with Crippen molar-refractivity contribution >= 4 is 40.8 Å². The summed E-state index contributed by atoms with van der Waals surface area (Å²) in [6, 6.07) is 28.5. The Hall–Kier alpha value is -7.50. The van der Waals surface area contributed by atoms with Crippen LogP contribution >= 0.6 is 11.6 Å². The molecule has 5 aromatic carbocycles. The number of ketones is 1. The van der Waals surface area contributed by atoms with E-state index < -0.39 is 94.0 Å². The molecule has 2 saturated heterocycles. The van der Waals surface area contributed by atoms with Gasteiger partial charge < -0.3 is 45.5 Å². The molecule has 93 heavy (non-hydrogen) atoms. The van der Waals surface area contributed by atoms with Crippen LogP contribution in [0.3, 0.4) is 0 Å². The number of hydrazine groups is 1. The van der Waals surface area contributed by atoms with Gasteiger partial charge in [0.15, 0.2) is 5.78 Å². The molecule has 0 saturated carbocycles. The highest BCUT2D eigenvalue weighted by Crippen LogP contribution is 2.41. The summed E-state index contributed by atoms with van der Waals surface area (Å²) in [6.45, 7) is 9.83. The van der Waals surface area contributed by atoms with E-state index in [2.05, 4.69) is 37.4 Å². The Morgan fingerprint density at radius 1 is 0.570 bits per heavy atom. The third-order valence-electron chi connectivity index (χ3n) is 14.6. The number of hydrogen-bond donors (Lipinski definition) is 7. The number of amides is 5. The number of benzene rings is 5. The molecule has 16 nitrogen and oxygen atoms in total. The molecular formula is C64H74ClF12N7O9. The Balaban J connectivity index is 0.000000315. The lowest BCUT2D eigenvalue weighted by Gasteiger charge is -2.42. The highest BCUT2D eigenvalue weighted by atomic mass is 35.5. The van der Waals surface area contributed by atoms with Gasteiger partial charge in [0.2, 0.25) is 5.24 Å². The minimum atomic E-state index is -4.97. The molecule has 5 amide bonds. The van der Waals surface area contributed by atoms with E-state index in [9.17, 15) is 76.7 Å². The van der Waals surface area contributed by atoms with E-state index in [1.165, 1.54) is 13.8 Å². The maximum absolute atomic E-state index is 13.4. The molecule has 0 bridgehead atoms. The van der Waals surface area contributed by atoms with Crippen LogP contribution in [0.5, 0.6) is 0 Å². The molecule has 0 radical (unpaired) electrons. The minimum absolute atomic E-state index is 0.0633. The first-order valence-corrected chi connectivity index (χ1v) is 29.6. The zero-order valence-corrected chi connectivity index (χ0v) is 52.3. The van der Waals surface area contributed by atoms with Gasteiger partial charge >= 0.3 is 42.9 Å². The summed E-state index contributed by atoms with van der Waals surface area (Å²) >= 11 is 4.82. The Labute approximate surface area is 534 Å². The lowest BCUT2D eigenvalue weighted by molar-refractivity contribution is -0.145. The van der Waals surface area contributed by atoms with Crippen LogP contribution in [-0.2, 0) is 70.9 Å². The smallest absolute Gasteiger partial charge is 0.426 e. The fourth-order valence-corrected chi connectivity index (χ4v) is 9.64. The SMILES string of the molecule is CCC(=O)Cl.C[C@@H](OC[C@@]1(c2ccccc2)CC[C@H](NC(=O)NCC(=O)COCc2ccccc2)CN1)c1cc(C(F)(F)F)cc(C(F)(F)F)c1.C[C@@H](OC[C@@]1(c2ccccc2)CC[C@H](NC(=O)NNC(=O)OC(C)(C)C)CN1)c1cc(C(F)(F)F)cc(C(F)(F)F)c1. The molecule has 2 aliphatic heterocycles. The minimum Gasteiger partial charge on any atom is -0.443 e. The summed E-state index contributed by atoms with van der Waals surface area (Å²) in [4.78, 5) is 58.2. The van der Waals surface area contributed by atoms with Crippen LogP contribution in [0.2, 0.25) is 0 Å². The van der Waals surface area contributed by atoms with Crippen LogP contribution in [0.1, 0.15) is 136 Å². The van der Waals surface area contributed by atoms with E-state index in [0.717, 1.165) is 16.7 Å². The second-order valence-electron chi connectivity index (χ2n) is 23.0. The molecule has 2 heterocycles. The number of carbonyl (C=O) groups excluding carboxylic acids is 5. The Bertz CT molecular complexity index is 3150. The van der Waals surface area contributed by atoms with Gasteiger partial charge in [-0.15, -0.1) is 0 Å². The molecule has 510 valence electrons. The summed E-state index contributed by atoms with van der Waals surface area (Å²) in [6.07, 6.45) is -20.7. The van der Waals surface area contributed by atoms with Crippen molar-refractivity contribution in [1.29, 1.82) is 0 Å². The van der Waals surface area contributed by atoms with Crippen LogP contribution in [0, 0.1) is 0 Å². The summed E-state index contributed by atoms with van der Waals surface area (Å²) in [5, 5.41) is 14.5. The standard InChI is InChI=1S/C33H35F6N3O4.C28H34F6N4O4.C3H5ClO/c1-22(24-14-26(32(34,35)36)16-27(15-24)33(37,38)39)46-21-31(25-10-6-3-7-11-25)13-12-28(17-41-31)42-30(44)40-18-29(43)20-45-19-23-8-4-2-5-9-23;1-17(18-12-20(27(29,30)31)14-21(13-18)28(32,33)34)41-16-26(19-8-6-5-7-9-19)11-10-22(15-35-26)36-23(39)37-38-24(40)42-25(2,3)4;1-2-3(4)5/h2-11,14-16,22,28,41H,12-13,17-21H2,1H3,(H2,40,42,44);5-9,12-14,17,22,35H,10-11,15-16H2,1-4H3,(H,38,40)(H2,36,37,39);2H2,1H3/t22-,28+,31-;17-,22+,26-;/m11./s1. The maximum atomic E-state index is 13.4. The van der Waals surface area contributed by atoms with Crippen LogP contribution in [0.4, 0.5) is 67.1 Å². The topological polar surface area (TPSA) is 206 Å². The van der Waals surface area contributed by atoms with Crippen LogP contribution in [-0.4, -0.2) is 86.3 Å². The van der Waals surface area contributed by atoms with E-state index in [1.807, 2.05) is 72.8 Å². The highest BCUT2D eigenvalue weighted by molar-refractivity contribution is 6.63. The number of hydrogen-bond acceptors (Lipinski definition) is 11. The van der Waals surface area contributed by atoms with Gasteiger partial charge in [-0.2, -0.15) is 52.7 Å². The third kappa shape index (κ3) is 25.1. The third-order valence-corrected chi connectivity index (χ3v) is 14.9. The molecular weight excluding hydrogens is 1270 g/mol. The van der Waals surface area contributed by atoms with Crippen molar-refractivity contribution in [3.63, 3.8) is 0 Å². The zero-order valence-electron chi connectivity index (χ0n) is 51.5.